The zero-order chi connectivity index (χ0) is 18.2. The molecule has 1 aliphatic heterocycles. The van der Waals surface area contributed by atoms with Crippen molar-refractivity contribution in [2.45, 2.75) is 70.4 Å². The number of thiophene rings is 1. The number of aryl methyl sites for hydroxylation is 1. The normalized spacial score (nSPS) is 23.0. The van der Waals surface area contributed by atoms with Crippen LogP contribution >= 0.6 is 11.3 Å². The van der Waals surface area contributed by atoms with Crippen molar-refractivity contribution in [2.75, 3.05) is 11.6 Å². The maximum atomic E-state index is 13.4. The Morgan fingerprint density at radius 2 is 1.74 bits per heavy atom. The second kappa shape index (κ2) is 7.40. The van der Waals surface area contributed by atoms with E-state index in [1.165, 1.54) is 68.4 Å². The quantitative estimate of drug-likeness (QED) is 0.837. The van der Waals surface area contributed by atoms with E-state index < -0.39 is 0 Å². The predicted octanol–water partition coefficient (Wildman–Crippen LogP) is 3.96. The molecule has 3 nitrogen and oxygen atoms in total. The Morgan fingerprint density at radius 3 is 2.56 bits per heavy atom. The molecule has 1 unspecified atom stereocenters. The summed E-state index contributed by atoms with van der Waals surface area (Å²) in [6.45, 7) is 1.97. The summed E-state index contributed by atoms with van der Waals surface area (Å²) < 4.78 is 0. The van der Waals surface area contributed by atoms with Crippen LogP contribution in [0.4, 0.5) is 5.00 Å². The minimum Gasteiger partial charge on any atom is -0.311 e. The van der Waals surface area contributed by atoms with Gasteiger partial charge in [-0.2, -0.15) is 0 Å². The number of fused-ring (bicyclic) bond motifs is 3. The lowest BCUT2D eigenvalue weighted by Gasteiger charge is -2.38. The van der Waals surface area contributed by atoms with Crippen LogP contribution in [0.3, 0.4) is 0 Å². The zero-order valence-corrected chi connectivity index (χ0v) is 16.8. The van der Waals surface area contributed by atoms with E-state index in [0.717, 1.165) is 24.8 Å². The van der Waals surface area contributed by atoms with Crippen molar-refractivity contribution in [3.05, 3.63) is 51.9 Å². The summed E-state index contributed by atoms with van der Waals surface area (Å²) >= 11 is 1.91. The molecule has 1 aromatic carbocycles. The molecule has 2 aliphatic carbocycles. The van der Waals surface area contributed by atoms with Crippen LogP contribution in [0.25, 0.3) is 0 Å². The van der Waals surface area contributed by atoms with Crippen molar-refractivity contribution in [3.8, 4) is 0 Å². The van der Waals surface area contributed by atoms with Gasteiger partial charge in [0.05, 0.1) is 6.04 Å². The second-order valence-electron chi connectivity index (χ2n) is 8.42. The molecular formula is C23H29N2OS+. The highest BCUT2D eigenvalue weighted by Gasteiger charge is 2.38. The molecule has 0 spiro atoms. The van der Waals surface area contributed by atoms with E-state index >= 15 is 0 Å². The Balaban J connectivity index is 1.53. The van der Waals surface area contributed by atoms with Gasteiger partial charge in [0.1, 0.15) is 11.5 Å². The van der Waals surface area contributed by atoms with Crippen LogP contribution in [0.1, 0.15) is 71.3 Å². The number of rotatable bonds is 2. The fourth-order valence-electron chi connectivity index (χ4n) is 5.26. The maximum Gasteiger partial charge on any atom is 0.263 e. The molecule has 142 valence electrons. The first-order valence-electron chi connectivity index (χ1n) is 10.7. The third-order valence-electron chi connectivity index (χ3n) is 6.72. The lowest BCUT2D eigenvalue weighted by molar-refractivity contribution is -0.940. The number of amides is 1. The van der Waals surface area contributed by atoms with Crippen molar-refractivity contribution >= 4 is 22.2 Å². The molecule has 1 N–H and O–H groups in total. The molecule has 1 amide bonds. The van der Waals surface area contributed by atoms with Crippen LogP contribution < -0.4 is 9.80 Å². The number of hydrogen-bond donors (Lipinski definition) is 1. The third-order valence-corrected chi connectivity index (χ3v) is 8.08. The van der Waals surface area contributed by atoms with Gasteiger partial charge < -0.3 is 4.90 Å². The van der Waals surface area contributed by atoms with Crippen molar-refractivity contribution in [2.24, 2.45) is 0 Å². The highest BCUT2D eigenvalue weighted by atomic mass is 32.1. The van der Waals surface area contributed by atoms with Crippen molar-refractivity contribution in [1.82, 2.24) is 0 Å². The molecule has 27 heavy (non-hydrogen) atoms. The summed E-state index contributed by atoms with van der Waals surface area (Å²) in [4.78, 5) is 18.7. The number of benzene rings is 1. The topological polar surface area (TPSA) is 24.8 Å². The van der Waals surface area contributed by atoms with Gasteiger partial charge in [-0.1, -0.05) is 24.6 Å². The number of quaternary nitrogens is 1. The molecule has 0 bridgehead atoms. The van der Waals surface area contributed by atoms with Crippen LogP contribution in [-0.2, 0) is 19.4 Å². The average molecular weight is 382 g/mol. The zero-order valence-electron chi connectivity index (χ0n) is 16.0. The molecule has 1 fully saturated rings. The number of nitrogens with one attached hydrogen (secondary N) is 1. The Morgan fingerprint density at radius 1 is 0.963 bits per heavy atom. The van der Waals surface area contributed by atoms with Gasteiger partial charge in [-0.15, -0.1) is 11.3 Å². The maximum absolute atomic E-state index is 13.4. The molecule has 0 saturated heterocycles. The third kappa shape index (κ3) is 3.23. The predicted molar refractivity (Wildman–Crippen MR) is 111 cm³/mol. The summed E-state index contributed by atoms with van der Waals surface area (Å²) in [5.41, 5.74) is 3.92. The monoisotopic (exact) mass is 381 g/mol. The van der Waals surface area contributed by atoms with Gasteiger partial charge in [0.15, 0.2) is 6.67 Å². The summed E-state index contributed by atoms with van der Waals surface area (Å²) in [6.07, 6.45) is 11.8. The average Bonchev–Trinajstić information content (AvgIpc) is 3.12. The highest BCUT2D eigenvalue weighted by molar-refractivity contribution is 7.16. The standard InChI is InChI=1S/C23H28N2OS/c26-22(17-9-3-1-4-10-17)25-16-24(18-11-5-2-6-12-18)15-20-19-13-7-8-14-21(19)27-23(20)25/h1,3-4,9-10,18H,2,5-8,11-16H2/p+1. The molecule has 1 saturated carbocycles. The van der Waals surface area contributed by atoms with Crippen LogP contribution in [-0.4, -0.2) is 18.6 Å². The fraction of sp³-hybridized carbons (Fsp3) is 0.522. The Hall–Kier alpha value is -1.65. The van der Waals surface area contributed by atoms with Gasteiger partial charge in [-0.3, -0.25) is 9.69 Å². The van der Waals surface area contributed by atoms with E-state index in [-0.39, 0.29) is 5.91 Å². The molecule has 0 radical (unpaired) electrons. The van der Waals surface area contributed by atoms with Crippen LogP contribution in [0.15, 0.2) is 30.3 Å². The SMILES string of the molecule is O=C(c1ccccc1)N1C[NH+](C2CCCCC2)Cc2c1sc1c2CCCC1. The van der Waals surface area contributed by atoms with E-state index in [9.17, 15) is 4.79 Å². The number of nitrogens with zero attached hydrogens (tertiary/aromatic N) is 1. The lowest BCUT2D eigenvalue weighted by atomic mass is 9.91. The first-order chi connectivity index (χ1) is 13.3. The fourth-order valence-corrected chi connectivity index (χ4v) is 6.66. The Labute approximate surface area is 166 Å². The van der Waals surface area contributed by atoms with Gasteiger partial charge in [0, 0.05) is 16.0 Å². The molecule has 3 aliphatic rings. The minimum absolute atomic E-state index is 0.184. The summed E-state index contributed by atoms with van der Waals surface area (Å²) in [5, 5.41) is 1.26. The largest absolute Gasteiger partial charge is 0.311 e. The van der Waals surface area contributed by atoms with Crippen LogP contribution in [0.2, 0.25) is 0 Å². The first kappa shape index (κ1) is 17.4. The van der Waals surface area contributed by atoms with Crippen LogP contribution in [0, 0.1) is 0 Å². The first-order valence-corrected chi connectivity index (χ1v) is 11.5. The summed E-state index contributed by atoms with van der Waals surface area (Å²) in [6, 6.07) is 10.6. The number of hydrogen-bond acceptors (Lipinski definition) is 2. The van der Waals surface area contributed by atoms with Gasteiger partial charge >= 0.3 is 0 Å². The molecular weight excluding hydrogens is 352 g/mol. The van der Waals surface area contributed by atoms with E-state index in [2.05, 4.69) is 4.90 Å². The van der Waals surface area contributed by atoms with Gasteiger partial charge in [0.2, 0.25) is 0 Å². The van der Waals surface area contributed by atoms with Crippen LogP contribution in [0.5, 0.6) is 0 Å². The smallest absolute Gasteiger partial charge is 0.263 e. The minimum atomic E-state index is 0.184. The van der Waals surface area contributed by atoms with E-state index in [1.807, 2.05) is 41.7 Å². The molecule has 1 atom stereocenters. The number of anilines is 1. The summed E-state index contributed by atoms with van der Waals surface area (Å²) in [5.74, 6) is 0.184. The van der Waals surface area contributed by atoms with Gasteiger partial charge in [-0.05, 0) is 69.1 Å². The Bertz CT molecular complexity index is 822. The second-order valence-corrected chi connectivity index (χ2v) is 9.51. The van der Waals surface area contributed by atoms with Gasteiger partial charge in [-0.25, -0.2) is 0 Å². The lowest BCUT2D eigenvalue weighted by Crippen LogP contribution is -3.17. The molecule has 2 aromatic rings. The van der Waals surface area contributed by atoms with E-state index in [4.69, 9.17) is 0 Å². The van der Waals surface area contributed by atoms with E-state index in [1.54, 1.807) is 15.3 Å². The van der Waals surface area contributed by atoms with Crippen molar-refractivity contribution in [3.63, 3.8) is 0 Å². The van der Waals surface area contributed by atoms with Crippen molar-refractivity contribution in [1.29, 1.82) is 0 Å². The Kier molecular flexibility index (Phi) is 4.78. The number of carbonyl (C=O) groups is 1. The van der Waals surface area contributed by atoms with Gasteiger partial charge in [0.25, 0.3) is 5.91 Å². The molecule has 4 heteroatoms. The number of carbonyl (C=O) groups excluding carboxylic acids is 1. The summed E-state index contributed by atoms with van der Waals surface area (Å²) in [7, 11) is 0. The highest BCUT2D eigenvalue weighted by Crippen LogP contribution is 2.41. The molecule has 2 heterocycles. The van der Waals surface area contributed by atoms with E-state index in [0.29, 0.717) is 0 Å². The van der Waals surface area contributed by atoms with Crippen molar-refractivity contribution < 1.29 is 9.69 Å². The molecule has 5 rings (SSSR count). The molecule has 1 aromatic heterocycles.